The molecular weight excluding hydrogens is 392 g/mol. The van der Waals surface area contributed by atoms with E-state index in [2.05, 4.69) is 10.6 Å². The Hall–Kier alpha value is -3.00. The molecule has 29 heavy (non-hydrogen) atoms. The molecule has 0 spiro atoms. The van der Waals surface area contributed by atoms with Crippen molar-refractivity contribution in [2.24, 2.45) is 0 Å². The maximum absolute atomic E-state index is 12.2. The number of hydrogen-bond acceptors (Lipinski definition) is 6. The molecule has 2 rings (SSSR count). The van der Waals surface area contributed by atoms with Crippen molar-refractivity contribution in [3.8, 4) is 5.75 Å². The molecule has 154 valence electrons. The minimum Gasteiger partial charge on any atom is -0.495 e. The van der Waals surface area contributed by atoms with Gasteiger partial charge in [0.15, 0.2) is 6.61 Å². The number of methoxy groups -OCH3 is 1. The van der Waals surface area contributed by atoms with Crippen LogP contribution < -0.4 is 15.4 Å². The Morgan fingerprint density at radius 3 is 2.38 bits per heavy atom. The van der Waals surface area contributed by atoms with E-state index in [0.29, 0.717) is 17.1 Å². The molecule has 0 aromatic heterocycles. The number of rotatable bonds is 8. The van der Waals surface area contributed by atoms with Crippen LogP contribution in [0.3, 0.4) is 0 Å². The van der Waals surface area contributed by atoms with Crippen molar-refractivity contribution >= 4 is 40.9 Å². The van der Waals surface area contributed by atoms with E-state index in [9.17, 15) is 14.4 Å². The van der Waals surface area contributed by atoms with E-state index in [-0.39, 0.29) is 5.91 Å². The third-order valence-electron chi connectivity index (χ3n) is 3.81. The van der Waals surface area contributed by atoms with Crippen LogP contribution in [0.1, 0.15) is 19.4 Å². The van der Waals surface area contributed by atoms with Crippen LogP contribution in [0.2, 0.25) is 0 Å². The number of thioether (sulfide) groups is 1. The van der Waals surface area contributed by atoms with Crippen molar-refractivity contribution < 1.29 is 23.9 Å². The van der Waals surface area contributed by atoms with Crippen molar-refractivity contribution in [1.82, 2.24) is 0 Å². The Balaban J connectivity index is 1.90. The van der Waals surface area contributed by atoms with Gasteiger partial charge in [0.2, 0.25) is 5.91 Å². The van der Waals surface area contributed by atoms with Gasteiger partial charge in [-0.25, -0.2) is 0 Å². The largest absolute Gasteiger partial charge is 0.495 e. The molecule has 0 unspecified atom stereocenters. The van der Waals surface area contributed by atoms with Crippen LogP contribution >= 0.6 is 11.8 Å². The molecule has 0 saturated carbocycles. The Morgan fingerprint density at radius 1 is 1.07 bits per heavy atom. The van der Waals surface area contributed by atoms with Crippen LogP contribution in [0.4, 0.5) is 11.4 Å². The highest BCUT2D eigenvalue weighted by atomic mass is 32.2. The zero-order valence-corrected chi connectivity index (χ0v) is 17.6. The van der Waals surface area contributed by atoms with Gasteiger partial charge in [0.05, 0.1) is 12.8 Å². The summed E-state index contributed by atoms with van der Waals surface area (Å²) in [7, 11) is 1.47. The standard InChI is InChI=1S/C21H24N2O5S/c1-13-5-8-17(9-6-13)29-14(2)21(26)28-12-20(25)23-18-11-16(22-15(3)24)7-10-19(18)27-4/h5-11,14H,12H2,1-4H3,(H,22,24)(H,23,25)/t14-/m1/s1. The van der Waals surface area contributed by atoms with Crippen LogP contribution in [-0.2, 0) is 19.1 Å². The number of amides is 2. The summed E-state index contributed by atoms with van der Waals surface area (Å²) in [6, 6.07) is 12.6. The summed E-state index contributed by atoms with van der Waals surface area (Å²) in [6.07, 6.45) is 0. The summed E-state index contributed by atoms with van der Waals surface area (Å²) in [5, 5.41) is 4.80. The summed E-state index contributed by atoms with van der Waals surface area (Å²) in [4.78, 5) is 36.5. The van der Waals surface area contributed by atoms with E-state index in [1.165, 1.54) is 25.8 Å². The maximum Gasteiger partial charge on any atom is 0.319 e. The number of carbonyl (C=O) groups excluding carboxylic acids is 3. The normalized spacial score (nSPS) is 11.3. The van der Waals surface area contributed by atoms with Gasteiger partial charge in [-0.3, -0.25) is 14.4 Å². The zero-order chi connectivity index (χ0) is 21.4. The topological polar surface area (TPSA) is 93.7 Å². The molecule has 0 aliphatic carbocycles. The average Bonchev–Trinajstić information content (AvgIpc) is 2.67. The molecular formula is C21H24N2O5S. The predicted octanol–water partition coefficient (Wildman–Crippen LogP) is 3.62. The van der Waals surface area contributed by atoms with Crippen LogP contribution in [0, 0.1) is 6.92 Å². The molecule has 2 aromatic rings. The molecule has 0 aliphatic rings. The Morgan fingerprint density at radius 2 is 1.76 bits per heavy atom. The maximum atomic E-state index is 12.2. The fraction of sp³-hybridized carbons (Fsp3) is 0.286. The fourth-order valence-corrected chi connectivity index (χ4v) is 3.26. The highest BCUT2D eigenvalue weighted by molar-refractivity contribution is 8.00. The highest BCUT2D eigenvalue weighted by Gasteiger charge is 2.18. The van der Waals surface area contributed by atoms with Gasteiger partial charge in [-0.15, -0.1) is 11.8 Å². The first-order chi connectivity index (χ1) is 13.8. The van der Waals surface area contributed by atoms with Crippen molar-refractivity contribution in [3.63, 3.8) is 0 Å². The number of carbonyl (C=O) groups is 3. The third-order valence-corrected chi connectivity index (χ3v) is 4.90. The van der Waals surface area contributed by atoms with Gasteiger partial charge in [0.1, 0.15) is 11.0 Å². The van der Waals surface area contributed by atoms with Crippen molar-refractivity contribution in [2.45, 2.75) is 30.9 Å². The molecule has 2 amide bonds. The Labute approximate surface area is 174 Å². The molecule has 0 bridgehead atoms. The number of anilines is 2. The van der Waals surface area contributed by atoms with E-state index in [4.69, 9.17) is 9.47 Å². The molecule has 0 heterocycles. The summed E-state index contributed by atoms with van der Waals surface area (Å²) < 4.78 is 10.3. The minimum absolute atomic E-state index is 0.235. The molecule has 8 heteroatoms. The predicted molar refractivity (Wildman–Crippen MR) is 113 cm³/mol. The molecule has 0 radical (unpaired) electrons. The summed E-state index contributed by atoms with van der Waals surface area (Å²) >= 11 is 1.36. The second kappa shape index (κ2) is 10.5. The lowest BCUT2D eigenvalue weighted by molar-refractivity contribution is -0.146. The van der Waals surface area contributed by atoms with E-state index in [0.717, 1.165) is 10.5 Å². The fourth-order valence-electron chi connectivity index (χ4n) is 2.40. The molecule has 0 fully saturated rings. The van der Waals surface area contributed by atoms with Crippen LogP contribution in [0.5, 0.6) is 5.75 Å². The molecule has 7 nitrogen and oxygen atoms in total. The van der Waals surface area contributed by atoms with Gasteiger partial charge in [0, 0.05) is 17.5 Å². The smallest absolute Gasteiger partial charge is 0.319 e. The van der Waals surface area contributed by atoms with E-state index in [1.807, 2.05) is 31.2 Å². The monoisotopic (exact) mass is 416 g/mol. The third kappa shape index (κ3) is 7.15. The summed E-state index contributed by atoms with van der Waals surface area (Å²) in [5.74, 6) is -0.808. The molecule has 2 N–H and O–H groups in total. The number of esters is 1. The summed E-state index contributed by atoms with van der Waals surface area (Å²) in [5.41, 5.74) is 2.01. The molecule has 1 atom stereocenters. The molecule has 0 saturated heterocycles. The lowest BCUT2D eigenvalue weighted by atomic mass is 10.2. The van der Waals surface area contributed by atoms with Gasteiger partial charge in [-0.1, -0.05) is 17.7 Å². The van der Waals surface area contributed by atoms with Gasteiger partial charge in [-0.2, -0.15) is 0 Å². The van der Waals surface area contributed by atoms with Crippen LogP contribution in [-0.4, -0.2) is 36.8 Å². The zero-order valence-electron chi connectivity index (χ0n) is 16.8. The first-order valence-electron chi connectivity index (χ1n) is 8.94. The first kappa shape index (κ1) is 22.3. The number of ether oxygens (including phenoxy) is 2. The van der Waals surface area contributed by atoms with Gasteiger partial charge in [-0.05, 0) is 44.2 Å². The number of benzene rings is 2. The Kier molecular flexibility index (Phi) is 8.09. The Bertz CT molecular complexity index is 883. The quantitative estimate of drug-likeness (QED) is 0.504. The van der Waals surface area contributed by atoms with Crippen LogP contribution in [0.25, 0.3) is 0 Å². The van der Waals surface area contributed by atoms with E-state index < -0.39 is 23.7 Å². The van der Waals surface area contributed by atoms with Gasteiger partial charge < -0.3 is 20.1 Å². The van der Waals surface area contributed by atoms with E-state index >= 15 is 0 Å². The minimum atomic E-state index is -0.510. The highest BCUT2D eigenvalue weighted by Crippen LogP contribution is 2.28. The lowest BCUT2D eigenvalue weighted by Gasteiger charge is -2.14. The number of hydrogen-bond donors (Lipinski definition) is 2. The van der Waals surface area contributed by atoms with Gasteiger partial charge in [0.25, 0.3) is 5.91 Å². The van der Waals surface area contributed by atoms with Crippen molar-refractivity contribution in [2.75, 3.05) is 24.4 Å². The second-order valence-electron chi connectivity index (χ2n) is 6.33. The molecule has 2 aromatic carbocycles. The van der Waals surface area contributed by atoms with Gasteiger partial charge >= 0.3 is 5.97 Å². The second-order valence-corrected chi connectivity index (χ2v) is 7.74. The SMILES string of the molecule is COc1ccc(NC(C)=O)cc1NC(=O)COC(=O)[C@@H](C)Sc1ccc(C)cc1. The number of nitrogens with one attached hydrogen (secondary N) is 2. The van der Waals surface area contributed by atoms with Crippen molar-refractivity contribution in [1.29, 1.82) is 0 Å². The number of aryl methyl sites for hydroxylation is 1. The average molecular weight is 416 g/mol. The summed E-state index contributed by atoms with van der Waals surface area (Å²) in [6.45, 7) is 4.68. The first-order valence-corrected chi connectivity index (χ1v) is 9.82. The van der Waals surface area contributed by atoms with Crippen LogP contribution in [0.15, 0.2) is 47.4 Å². The molecule has 0 aliphatic heterocycles. The lowest BCUT2D eigenvalue weighted by Crippen LogP contribution is -2.25. The van der Waals surface area contributed by atoms with Crippen molar-refractivity contribution in [3.05, 3.63) is 48.0 Å². The van der Waals surface area contributed by atoms with E-state index in [1.54, 1.807) is 25.1 Å².